The predicted octanol–water partition coefficient (Wildman–Crippen LogP) is 2.79. The van der Waals surface area contributed by atoms with Crippen molar-refractivity contribution in [1.82, 2.24) is 14.8 Å². The highest BCUT2D eigenvalue weighted by Crippen LogP contribution is 2.21. The zero-order chi connectivity index (χ0) is 10.3. The van der Waals surface area contributed by atoms with E-state index in [1.807, 2.05) is 36.1 Å². The normalized spacial score (nSPS) is 11.0. The summed E-state index contributed by atoms with van der Waals surface area (Å²) >= 11 is 1.65. The topological polar surface area (TPSA) is 30.7 Å². The number of hydrogen-bond donors (Lipinski definition) is 0. The van der Waals surface area contributed by atoms with Gasteiger partial charge in [-0.2, -0.15) is 5.10 Å². The van der Waals surface area contributed by atoms with Gasteiger partial charge in [0.1, 0.15) is 0 Å². The molecule has 0 aliphatic heterocycles. The summed E-state index contributed by atoms with van der Waals surface area (Å²) in [6.45, 7) is 2.05. The highest BCUT2D eigenvalue weighted by atomic mass is 32.1. The van der Waals surface area contributed by atoms with Gasteiger partial charge < -0.3 is 0 Å². The molecule has 2 heterocycles. The van der Waals surface area contributed by atoms with Crippen molar-refractivity contribution >= 4 is 22.2 Å². The van der Waals surface area contributed by atoms with Gasteiger partial charge in [0.25, 0.3) is 0 Å². The molecule has 3 aromatic rings. The highest BCUT2D eigenvalue weighted by Gasteiger charge is 2.06. The molecule has 0 aliphatic rings. The summed E-state index contributed by atoms with van der Waals surface area (Å²) in [5.74, 6) is 0. The molecule has 3 nitrogen and oxygen atoms in total. The molecule has 0 aliphatic carbocycles. The summed E-state index contributed by atoms with van der Waals surface area (Å²) in [7, 11) is 0. The van der Waals surface area contributed by atoms with E-state index in [-0.39, 0.29) is 0 Å². The van der Waals surface area contributed by atoms with Gasteiger partial charge in [-0.1, -0.05) is 18.2 Å². The van der Waals surface area contributed by atoms with E-state index >= 15 is 0 Å². The largest absolute Gasteiger partial charge is 0.227 e. The smallest absolute Gasteiger partial charge is 0.211 e. The molecule has 0 spiro atoms. The second-order valence-corrected chi connectivity index (χ2v) is 4.58. The first kappa shape index (κ1) is 8.61. The first-order valence-corrected chi connectivity index (χ1v) is 5.52. The third kappa shape index (κ3) is 1.34. The van der Waals surface area contributed by atoms with Crippen LogP contribution in [0.15, 0.2) is 36.7 Å². The van der Waals surface area contributed by atoms with Crippen LogP contribution in [0.25, 0.3) is 16.0 Å². The minimum atomic E-state index is 0.925. The molecule has 2 aromatic heterocycles. The molecule has 0 fully saturated rings. The number of fused-ring (bicyclic) bond motifs is 1. The van der Waals surface area contributed by atoms with Crippen LogP contribution in [0.3, 0.4) is 0 Å². The van der Waals surface area contributed by atoms with Crippen molar-refractivity contribution in [1.29, 1.82) is 0 Å². The molecule has 0 unspecified atom stereocenters. The van der Waals surface area contributed by atoms with Gasteiger partial charge in [-0.25, -0.2) is 9.67 Å². The Hall–Kier alpha value is -1.68. The third-order valence-electron chi connectivity index (χ3n) is 2.27. The first-order valence-electron chi connectivity index (χ1n) is 4.70. The maximum Gasteiger partial charge on any atom is 0.211 e. The summed E-state index contributed by atoms with van der Waals surface area (Å²) in [4.78, 5) is 5.53. The molecule has 0 amide bonds. The van der Waals surface area contributed by atoms with Crippen LogP contribution >= 0.6 is 11.3 Å². The Morgan fingerprint density at radius 1 is 1.20 bits per heavy atom. The summed E-state index contributed by atoms with van der Waals surface area (Å²) in [5.41, 5.74) is 1.10. The van der Waals surface area contributed by atoms with Gasteiger partial charge in [0.2, 0.25) is 5.13 Å². The Labute approximate surface area is 91.0 Å². The van der Waals surface area contributed by atoms with E-state index < -0.39 is 0 Å². The number of aryl methyl sites for hydroxylation is 1. The second kappa shape index (κ2) is 3.17. The minimum absolute atomic E-state index is 0.925. The standard InChI is InChI=1S/C11H9N3S/c1-8-6-12-11(15-8)14-10-5-3-2-4-9(10)7-13-14/h2-7H,1H3. The number of nitrogens with zero attached hydrogens (tertiary/aromatic N) is 3. The molecule has 3 rings (SSSR count). The van der Waals surface area contributed by atoms with Crippen molar-refractivity contribution < 1.29 is 0 Å². The van der Waals surface area contributed by atoms with Crippen LogP contribution < -0.4 is 0 Å². The molecular weight excluding hydrogens is 206 g/mol. The summed E-state index contributed by atoms with van der Waals surface area (Å²) in [6, 6.07) is 8.14. The molecule has 0 atom stereocenters. The van der Waals surface area contributed by atoms with E-state index in [1.54, 1.807) is 11.3 Å². The molecule has 4 heteroatoms. The summed E-state index contributed by atoms with van der Waals surface area (Å²) < 4.78 is 1.88. The van der Waals surface area contributed by atoms with E-state index in [2.05, 4.69) is 22.2 Å². The molecule has 1 aromatic carbocycles. The SMILES string of the molecule is Cc1cnc(-n2ncc3ccccc32)s1. The lowest BCUT2D eigenvalue weighted by molar-refractivity contribution is 0.898. The van der Waals surface area contributed by atoms with E-state index in [4.69, 9.17) is 0 Å². The molecule has 0 bridgehead atoms. The maximum absolute atomic E-state index is 4.34. The average molecular weight is 215 g/mol. The van der Waals surface area contributed by atoms with Crippen molar-refractivity contribution in [3.05, 3.63) is 41.5 Å². The molecule has 74 valence electrons. The van der Waals surface area contributed by atoms with Gasteiger partial charge in [0.15, 0.2) is 0 Å². The van der Waals surface area contributed by atoms with Crippen LogP contribution in [0.5, 0.6) is 0 Å². The van der Waals surface area contributed by atoms with Crippen LogP contribution in [-0.2, 0) is 0 Å². The summed E-state index contributed by atoms with van der Waals surface area (Å²) in [6.07, 6.45) is 3.74. The van der Waals surface area contributed by atoms with E-state index in [1.165, 1.54) is 4.88 Å². The molecule has 0 saturated heterocycles. The number of hydrogen-bond acceptors (Lipinski definition) is 3. The zero-order valence-electron chi connectivity index (χ0n) is 8.21. The average Bonchev–Trinajstić information content (AvgIpc) is 2.83. The Balaban J connectivity index is 2.27. The molecule has 0 saturated carbocycles. The second-order valence-electron chi connectivity index (χ2n) is 3.37. The van der Waals surface area contributed by atoms with Gasteiger partial charge in [-0.3, -0.25) is 0 Å². The number of thiazole rings is 1. The Bertz CT molecular complexity index is 609. The zero-order valence-corrected chi connectivity index (χ0v) is 9.03. The fraction of sp³-hybridized carbons (Fsp3) is 0.0909. The van der Waals surface area contributed by atoms with Crippen LogP contribution in [0.4, 0.5) is 0 Å². The summed E-state index contributed by atoms with van der Waals surface area (Å²) in [5, 5.41) is 6.41. The molecule has 0 N–H and O–H groups in total. The van der Waals surface area contributed by atoms with E-state index in [0.29, 0.717) is 0 Å². The van der Waals surface area contributed by atoms with E-state index in [9.17, 15) is 0 Å². The van der Waals surface area contributed by atoms with Gasteiger partial charge >= 0.3 is 0 Å². The highest BCUT2D eigenvalue weighted by molar-refractivity contribution is 7.14. The van der Waals surface area contributed by atoms with Crippen molar-refractivity contribution in [2.75, 3.05) is 0 Å². The molecule has 15 heavy (non-hydrogen) atoms. The quantitative estimate of drug-likeness (QED) is 0.625. The van der Waals surface area contributed by atoms with Gasteiger partial charge in [-0.05, 0) is 13.0 Å². The van der Waals surface area contributed by atoms with Gasteiger partial charge in [-0.15, -0.1) is 11.3 Å². The third-order valence-corrected chi connectivity index (χ3v) is 3.16. The van der Waals surface area contributed by atoms with Crippen molar-refractivity contribution in [3.63, 3.8) is 0 Å². The van der Waals surface area contributed by atoms with Crippen molar-refractivity contribution in [3.8, 4) is 5.13 Å². The van der Waals surface area contributed by atoms with Gasteiger partial charge in [0, 0.05) is 16.5 Å². The lowest BCUT2D eigenvalue weighted by atomic mass is 10.3. The van der Waals surface area contributed by atoms with Crippen LogP contribution in [0.1, 0.15) is 4.88 Å². The predicted molar refractivity (Wildman–Crippen MR) is 61.5 cm³/mol. The number of para-hydroxylation sites is 1. The molecular formula is C11H9N3S. The lowest BCUT2D eigenvalue weighted by Gasteiger charge is -1.96. The Morgan fingerprint density at radius 2 is 2.07 bits per heavy atom. The Morgan fingerprint density at radius 3 is 2.87 bits per heavy atom. The number of aromatic nitrogens is 3. The first-order chi connectivity index (χ1) is 7.34. The van der Waals surface area contributed by atoms with Crippen molar-refractivity contribution in [2.24, 2.45) is 0 Å². The number of benzene rings is 1. The van der Waals surface area contributed by atoms with Crippen LogP contribution in [-0.4, -0.2) is 14.8 Å². The minimum Gasteiger partial charge on any atom is -0.227 e. The van der Waals surface area contributed by atoms with Gasteiger partial charge in [0.05, 0.1) is 11.7 Å². The molecule has 0 radical (unpaired) electrons. The van der Waals surface area contributed by atoms with E-state index in [0.717, 1.165) is 16.0 Å². The van der Waals surface area contributed by atoms with Crippen LogP contribution in [0.2, 0.25) is 0 Å². The monoisotopic (exact) mass is 215 g/mol. The maximum atomic E-state index is 4.34. The Kier molecular flexibility index (Phi) is 1.82. The van der Waals surface area contributed by atoms with Crippen LogP contribution in [0, 0.1) is 6.92 Å². The fourth-order valence-corrected chi connectivity index (χ4v) is 2.30. The lowest BCUT2D eigenvalue weighted by Crippen LogP contribution is -1.93. The number of rotatable bonds is 1. The fourth-order valence-electron chi connectivity index (χ4n) is 1.56. The van der Waals surface area contributed by atoms with Crippen molar-refractivity contribution in [2.45, 2.75) is 6.92 Å².